The smallest absolute Gasteiger partial charge is 0.272 e. The van der Waals surface area contributed by atoms with Crippen molar-refractivity contribution in [3.8, 4) is 0 Å². The van der Waals surface area contributed by atoms with Crippen LogP contribution < -0.4 is 0 Å². The van der Waals surface area contributed by atoms with Gasteiger partial charge in [-0.05, 0) is 51.4 Å². The van der Waals surface area contributed by atoms with Crippen molar-refractivity contribution in [2.75, 3.05) is 6.54 Å². The first-order valence-electron chi connectivity index (χ1n) is 9.55. The third-order valence-electron chi connectivity index (χ3n) is 5.69. The van der Waals surface area contributed by atoms with E-state index in [9.17, 15) is 4.79 Å². The molecule has 6 nitrogen and oxygen atoms in total. The molecule has 134 valence electrons. The molecule has 0 unspecified atom stereocenters. The average molecular weight is 341 g/mol. The predicted octanol–water partition coefficient (Wildman–Crippen LogP) is 2.58. The van der Waals surface area contributed by atoms with E-state index >= 15 is 0 Å². The number of likely N-dealkylation sites (tertiary alicyclic amines) is 1. The first-order chi connectivity index (χ1) is 12.2. The quantitative estimate of drug-likeness (QED) is 0.859. The largest absolute Gasteiger partial charge is 0.337 e. The summed E-state index contributed by atoms with van der Waals surface area (Å²) in [6.45, 7) is 1.78. The lowest BCUT2D eigenvalue weighted by molar-refractivity contribution is 0.0583. The number of hydrogen-bond donors (Lipinski definition) is 0. The van der Waals surface area contributed by atoms with Gasteiger partial charge in [-0.2, -0.15) is 5.10 Å². The number of aryl methyl sites for hydroxylation is 3. The first kappa shape index (κ1) is 16.4. The molecule has 0 spiro atoms. The molecule has 4 rings (SSSR count). The Bertz CT molecular complexity index is 733. The van der Waals surface area contributed by atoms with Crippen molar-refractivity contribution in [3.63, 3.8) is 0 Å². The summed E-state index contributed by atoms with van der Waals surface area (Å²) >= 11 is 0. The van der Waals surface area contributed by atoms with Crippen LogP contribution in [-0.2, 0) is 26.4 Å². The number of aromatic nitrogens is 4. The second-order valence-corrected chi connectivity index (χ2v) is 7.34. The van der Waals surface area contributed by atoms with Crippen molar-refractivity contribution >= 4 is 5.91 Å². The van der Waals surface area contributed by atoms with Gasteiger partial charge < -0.3 is 9.47 Å². The molecule has 2 aliphatic rings. The zero-order valence-corrected chi connectivity index (χ0v) is 15.0. The molecule has 2 aromatic rings. The lowest BCUT2D eigenvalue weighted by atomic mass is 9.94. The number of piperidine rings is 1. The highest BCUT2D eigenvalue weighted by Crippen LogP contribution is 2.28. The number of carbonyl (C=O) groups is 1. The molecule has 0 bridgehead atoms. The highest BCUT2D eigenvalue weighted by molar-refractivity contribution is 5.94. The summed E-state index contributed by atoms with van der Waals surface area (Å²) in [6, 6.07) is 0.317. The first-order valence-corrected chi connectivity index (χ1v) is 9.55. The van der Waals surface area contributed by atoms with Crippen LogP contribution in [0.15, 0.2) is 18.7 Å². The van der Waals surface area contributed by atoms with Gasteiger partial charge >= 0.3 is 0 Å². The summed E-state index contributed by atoms with van der Waals surface area (Å²) in [5.41, 5.74) is 3.19. The number of hydrogen-bond acceptors (Lipinski definition) is 3. The van der Waals surface area contributed by atoms with Crippen LogP contribution in [0.3, 0.4) is 0 Å². The summed E-state index contributed by atoms with van der Waals surface area (Å²) in [5.74, 6) is 0.188. The number of fused-ring (bicyclic) bond motifs is 1. The van der Waals surface area contributed by atoms with E-state index in [4.69, 9.17) is 0 Å². The fourth-order valence-corrected chi connectivity index (χ4v) is 4.37. The minimum Gasteiger partial charge on any atom is -0.337 e. The van der Waals surface area contributed by atoms with Crippen molar-refractivity contribution in [2.24, 2.45) is 7.05 Å². The van der Waals surface area contributed by atoms with Gasteiger partial charge in [-0.25, -0.2) is 4.98 Å². The van der Waals surface area contributed by atoms with Crippen molar-refractivity contribution in [1.29, 1.82) is 0 Å². The maximum atomic E-state index is 13.4. The van der Waals surface area contributed by atoms with Gasteiger partial charge in [-0.1, -0.05) is 0 Å². The highest BCUT2D eigenvalue weighted by atomic mass is 16.2. The van der Waals surface area contributed by atoms with Crippen LogP contribution in [0.5, 0.6) is 0 Å². The fourth-order valence-electron chi connectivity index (χ4n) is 4.37. The van der Waals surface area contributed by atoms with E-state index < -0.39 is 0 Å². The van der Waals surface area contributed by atoms with Gasteiger partial charge in [0.15, 0.2) is 0 Å². The normalized spacial score (nSPS) is 20.5. The van der Waals surface area contributed by atoms with Crippen molar-refractivity contribution in [3.05, 3.63) is 35.7 Å². The lowest BCUT2D eigenvalue weighted by Gasteiger charge is -2.36. The summed E-state index contributed by atoms with van der Waals surface area (Å²) in [5, 5.41) is 4.64. The standard InChI is InChI=1S/C19H27N5O/c1-22-18(16-7-2-3-8-17(16)21-22)19(25)24-11-5-4-6-15(24)9-12-23-13-10-20-14-23/h10,13-15H,2-9,11-12H2,1H3/t15-/m0/s1. The van der Waals surface area contributed by atoms with Crippen molar-refractivity contribution in [1.82, 2.24) is 24.2 Å². The minimum atomic E-state index is 0.188. The molecular formula is C19H27N5O. The average Bonchev–Trinajstić information content (AvgIpc) is 3.26. The van der Waals surface area contributed by atoms with Gasteiger partial charge in [0.05, 0.1) is 12.0 Å². The van der Waals surface area contributed by atoms with Crippen LogP contribution in [0, 0.1) is 0 Å². The SMILES string of the molecule is Cn1nc2c(c1C(=O)N1CCCC[C@H]1CCn1ccnc1)CCCC2. The Labute approximate surface area is 148 Å². The summed E-state index contributed by atoms with van der Waals surface area (Å²) < 4.78 is 3.93. The van der Waals surface area contributed by atoms with E-state index in [1.54, 1.807) is 0 Å². The molecule has 1 fully saturated rings. The van der Waals surface area contributed by atoms with E-state index in [0.717, 1.165) is 56.6 Å². The highest BCUT2D eigenvalue weighted by Gasteiger charge is 2.32. The Balaban J connectivity index is 1.54. The lowest BCUT2D eigenvalue weighted by Crippen LogP contribution is -2.45. The molecule has 0 saturated carbocycles. The Morgan fingerprint density at radius 2 is 2.12 bits per heavy atom. The van der Waals surface area contributed by atoms with Crippen LogP contribution in [-0.4, -0.2) is 42.7 Å². The van der Waals surface area contributed by atoms with Gasteiger partial charge in [0.1, 0.15) is 5.69 Å². The summed E-state index contributed by atoms with van der Waals surface area (Å²) in [4.78, 5) is 19.6. The Hall–Kier alpha value is -2.11. The molecule has 1 saturated heterocycles. The van der Waals surface area contributed by atoms with Crippen LogP contribution >= 0.6 is 0 Å². The third kappa shape index (κ3) is 3.22. The molecule has 1 aliphatic carbocycles. The van der Waals surface area contributed by atoms with Crippen LogP contribution in [0.2, 0.25) is 0 Å². The summed E-state index contributed by atoms with van der Waals surface area (Å²) in [7, 11) is 1.93. The number of rotatable bonds is 4. The molecular weight excluding hydrogens is 314 g/mol. The number of imidazole rings is 1. The maximum absolute atomic E-state index is 13.4. The molecule has 1 amide bonds. The van der Waals surface area contributed by atoms with E-state index in [1.165, 1.54) is 24.8 Å². The molecule has 1 aliphatic heterocycles. The molecule has 25 heavy (non-hydrogen) atoms. The van der Waals surface area contributed by atoms with Gasteiger partial charge in [0, 0.05) is 44.1 Å². The van der Waals surface area contributed by atoms with Gasteiger partial charge in [-0.15, -0.1) is 0 Å². The zero-order valence-electron chi connectivity index (χ0n) is 15.0. The van der Waals surface area contributed by atoms with E-state index in [2.05, 4.69) is 19.5 Å². The Morgan fingerprint density at radius 3 is 2.96 bits per heavy atom. The van der Waals surface area contributed by atoms with E-state index in [-0.39, 0.29) is 5.91 Å². The maximum Gasteiger partial charge on any atom is 0.272 e. The van der Waals surface area contributed by atoms with Gasteiger partial charge in [-0.3, -0.25) is 9.48 Å². The van der Waals surface area contributed by atoms with E-state index in [1.807, 2.05) is 30.5 Å². The van der Waals surface area contributed by atoms with Crippen molar-refractivity contribution in [2.45, 2.75) is 64.0 Å². The second kappa shape index (κ2) is 7.02. The van der Waals surface area contributed by atoms with Gasteiger partial charge in [0.25, 0.3) is 5.91 Å². The molecule has 0 N–H and O–H groups in total. The predicted molar refractivity (Wildman–Crippen MR) is 95.4 cm³/mol. The molecule has 3 heterocycles. The van der Waals surface area contributed by atoms with E-state index in [0.29, 0.717) is 6.04 Å². The monoisotopic (exact) mass is 341 g/mol. The molecule has 0 radical (unpaired) electrons. The van der Waals surface area contributed by atoms with Gasteiger partial charge in [0.2, 0.25) is 0 Å². The topological polar surface area (TPSA) is 56.0 Å². The molecule has 1 atom stereocenters. The molecule has 2 aromatic heterocycles. The molecule has 0 aromatic carbocycles. The van der Waals surface area contributed by atoms with Crippen LogP contribution in [0.1, 0.15) is 60.3 Å². The summed E-state index contributed by atoms with van der Waals surface area (Å²) in [6.07, 6.45) is 14.4. The number of carbonyl (C=O) groups excluding carboxylic acids is 1. The Morgan fingerprint density at radius 1 is 1.24 bits per heavy atom. The van der Waals surface area contributed by atoms with Crippen molar-refractivity contribution < 1.29 is 4.79 Å². The fraction of sp³-hybridized carbons (Fsp3) is 0.632. The third-order valence-corrected chi connectivity index (χ3v) is 5.69. The van der Waals surface area contributed by atoms with Crippen LogP contribution in [0.4, 0.5) is 0 Å². The Kier molecular flexibility index (Phi) is 4.59. The zero-order chi connectivity index (χ0) is 17.2. The number of nitrogens with zero attached hydrogens (tertiary/aromatic N) is 5. The van der Waals surface area contributed by atoms with Crippen LogP contribution in [0.25, 0.3) is 0 Å². The molecule has 6 heteroatoms. The minimum absolute atomic E-state index is 0.188. The number of amides is 1. The second-order valence-electron chi connectivity index (χ2n) is 7.34.